The molecule has 0 spiro atoms. The van der Waals surface area contributed by atoms with Gasteiger partial charge in [0.15, 0.2) is 0 Å². The second kappa shape index (κ2) is 6.06. The van der Waals surface area contributed by atoms with Gasteiger partial charge in [-0.2, -0.15) is 4.99 Å². The predicted octanol–water partition coefficient (Wildman–Crippen LogP) is 4.82. The summed E-state index contributed by atoms with van der Waals surface area (Å²) in [7, 11) is 0. The highest BCUT2D eigenvalue weighted by molar-refractivity contribution is 7.78. The van der Waals surface area contributed by atoms with E-state index in [-0.39, 0.29) is 0 Å². The highest BCUT2D eigenvalue weighted by atomic mass is 32.1. The van der Waals surface area contributed by atoms with Crippen LogP contribution in [0.4, 0.5) is 5.69 Å². The lowest BCUT2D eigenvalue weighted by atomic mass is 9.97. The third kappa shape index (κ3) is 2.80. The molecule has 0 saturated carbocycles. The van der Waals surface area contributed by atoms with Crippen LogP contribution in [0.2, 0.25) is 0 Å². The number of allylic oxidation sites excluding steroid dienone is 1. The van der Waals surface area contributed by atoms with Crippen LogP contribution < -0.4 is 0 Å². The SMILES string of the molecule is C=CCc1cc(N=C=S)ccc1-c1ccccc1. The van der Waals surface area contributed by atoms with Gasteiger partial charge in [0.05, 0.1) is 10.8 Å². The Morgan fingerprint density at radius 2 is 1.94 bits per heavy atom. The predicted molar refractivity (Wildman–Crippen MR) is 80.5 cm³/mol. The minimum Gasteiger partial charge on any atom is -0.195 e. The molecule has 0 unspecified atom stereocenters. The molecule has 0 aromatic heterocycles. The number of isothiocyanates is 1. The van der Waals surface area contributed by atoms with Gasteiger partial charge in [0.1, 0.15) is 0 Å². The lowest BCUT2D eigenvalue weighted by molar-refractivity contribution is 1.27. The number of aliphatic imine (C=N–C) groups is 1. The van der Waals surface area contributed by atoms with Crippen LogP contribution in [0.25, 0.3) is 11.1 Å². The molecule has 2 aromatic carbocycles. The van der Waals surface area contributed by atoms with Crippen molar-refractivity contribution in [1.29, 1.82) is 0 Å². The van der Waals surface area contributed by atoms with Gasteiger partial charge in [-0.25, -0.2) is 0 Å². The van der Waals surface area contributed by atoms with Crippen molar-refractivity contribution in [3.05, 3.63) is 66.7 Å². The lowest BCUT2D eigenvalue weighted by Crippen LogP contribution is -1.87. The number of benzene rings is 2. The minimum absolute atomic E-state index is 0.811. The van der Waals surface area contributed by atoms with Crippen molar-refractivity contribution < 1.29 is 0 Å². The Labute approximate surface area is 113 Å². The molecule has 18 heavy (non-hydrogen) atoms. The lowest BCUT2D eigenvalue weighted by Gasteiger charge is -2.08. The van der Waals surface area contributed by atoms with Gasteiger partial charge in [-0.15, -0.1) is 6.58 Å². The van der Waals surface area contributed by atoms with E-state index < -0.39 is 0 Å². The molecule has 0 fully saturated rings. The average Bonchev–Trinajstić information content (AvgIpc) is 2.41. The number of hydrogen-bond acceptors (Lipinski definition) is 2. The molecule has 2 aromatic rings. The highest BCUT2D eigenvalue weighted by Gasteiger charge is 2.04. The molecule has 88 valence electrons. The summed E-state index contributed by atoms with van der Waals surface area (Å²) in [6, 6.07) is 16.3. The summed E-state index contributed by atoms with van der Waals surface area (Å²) in [5, 5.41) is 2.40. The molecule has 0 saturated heterocycles. The molecule has 0 aliphatic carbocycles. The van der Waals surface area contributed by atoms with E-state index in [2.05, 4.69) is 47.1 Å². The van der Waals surface area contributed by atoms with Crippen LogP contribution in [0.5, 0.6) is 0 Å². The zero-order valence-corrected chi connectivity index (χ0v) is 10.8. The fraction of sp³-hybridized carbons (Fsp3) is 0.0625. The average molecular weight is 251 g/mol. The van der Waals surface area contributed by atoms with Crippen molar-refractivity contribution >= 4 is 23.1 Å². The molecule has 0 heterocycles. The van der Waals surface area contributed by atoms with E-state index in [4.69, 9.17) is 0 Å². The summed E-state index contributed by atoms with van der Waals surface area (Å²) in [5.74, 6) is 0. The first-order valence-electron chi connectivity index (χ1n) is 5.72. The summed E-state index contributed by atoms with van der Waals surface area (Å²) >= 11 is 4.63. The smallest absolute Gasteiger partial charge is 0.0742 e. The van der Waals surface area contributed by atoms with Crippen LogP contribution in [-0.2, 0) is 6.42 Å². The third-order valence-electron chi connectivity index (χ3n) is 2.71. The maximum atomic E-state index is 4.63. The Kier molecular flexibility index (Phi) is 4.19. The molecule has 0 atom stereocenters. The van der Waals surface area contributed by atoms with Crippen molar-refractivity contribution in [2.24, 2.45) is 4.99 Å². The minimum atomic E-state index is 0.811. The fourth-order valence-corrected chi connectivity index (χ4v) is 2.03. The molecule has 2 rings (SSSR count). The summed E-state index contributed by atoms with van der Waals surface area (Å²) < 4.78 is 0. The van der Waals surface area contributed by atoms with Gasteiger partial charge < -0.3 is 0 Å². The number of hydrogen-bond donors (Lipinski definition) is 0. The van der Waals surface area contributed by atoms with Gasteiger partial charge in [0.25, 0.3) is 0 Å². The fourth-order valence-electron chi connectivity index (χ4n) is 1.93. The zero-order chi connectivity index (χ0) is 12.8. The van der Waals surface area contributed by atoms with Gasteiger partial charge in [0, 0.05) is 0 Å². The van der Waals surface area contributed by atoms with E-state index in [0.717, 1.165) is 12.1 Å². The second-order valence-electron chi connectivity index (χ2n) is 3.90. The van der Waals surface area contributed by atoms with E-state index in [1.165, 1.54) is 16.7 Å². The third-order valence-corrected chi connectivity index (χ3v) is 2.80. The first kappa shape index (κ1) is 12.4. The van der Waals surface area contributed by atoms with Crippen molar-refractivity contribution in [2.75, 3.05) is 0 Å². The van der Waals surface area contributed by atoms with Gasteiger partial charge in [-0.1, -0.05) is 42.5 Å². The Bertz CT molecular complexity index is 596. The maximum absolute atomic E-state index is 4.63. The summed E-state index contributed by atoms with van der Waals surface area (Å²) in [6.07, 6.45) is 2.71. The van der Waals surface area contributed by atoms with Gasteiger partial charge in [0.2, 0.25) is 0 Å². The van der Waals surface area contributed by atoms with Gasteiger partial charge in [-0.3, -0.25) is 0 Å². The van der Waals surface area contributed by atoms with Gasteiger partial charge >= 0.3 is 0 Å². The number of nitrogens with zero attached hydrogens (tertiary/aromatic N) is 1. The summed E-state index contributed by atoms with van der Waals surface area (Å²) in [6.45, 7) is 3.80. The maximum Gasteiger partial charge on any atom is 0.0742 e. The van der Waals surface area contributed by atoms with Crippen LogP contribution >= 0.6 is 12.2 Å². The Morgan fingerprint density at radius 3 is 2.61 bits per heavy atom. The standard InChI is InChI=1S/C16H13NS/c1-2-6-14-11-15(17-12-18)9-10-16(14)13-7-4-3-5-8-13/h2-5,7-11H,1,6H2. The first-order chi connectivity index (χ1) is 8.85. The Morgan fingerprint density at radius 1 is 1.17 bits per heavy atom. The topological polar surface area (TPSA) is 12.4 Å². The Balaban J connectivity index is 2.53. The second-order valence-corrected chi connectivity index (χ2v) is 4.09. The highest BCUT2D eigenvalue weighted by Crippen LogP contribution is 2.27. The molecule has 0 N–H and O–H groups in total. The number of thiocarbonyl (C=S) groups is 1. The summed E-state index contributed by atoms with van der Waals surface area (Å²) in [4.78, 5) is 4.01. The van der Waals surface area contributed by atoms with Gasteiger partial charge in [-0.05, 0) is 47.5 Å². The van der Waals surface area contributed by atoms with Crippen molar-refractivity contribution in [3.8, 4) is 11.1 Å². The summed E-state index contributed by atoms with van der Waals surface area (Å²) in [5.41, 5.74) is 4.44. The van der Waals surface area contributed by atoms with Crippen LogP contribution in [-0.4, -0.2) is 5.16 Å². The van der Waals surface area contributed by atoms with Crippen molar-refractivity contribution in [3.63, 3.8) is 0 Å². The molecule has 0 aliphatic rings. The van der Waals surface area contributed by atoms with E-state index in [0.29, 0.717) is 0 Å². The van der Waals surface area contributed by atoms with E-state index in [9.17, 15) is 0 Å². The molecule has 0 aliphatic heterocycles. The normalized spacial score (nSPS) is 9.56. The largest absolute Gasteiger partial charge is 0.195 e. The molecular weight excluding hydrogens is 238 g/mol. The van der Waals surface area contributed by atoms with E-state index in [1.807, 2.05) is 36.4 Å². The van der Waals surface area contributed by atoms with Crippen LogP contribution in [0.3, 0.4) is 0 Å². The van der Waals surface area contributed by atoms with Crippen LogP contribution in [0, 0.1) is 0 Å². The van der Waals surface area contributed by atoms with Crippen molar-refractivity contribution in [1.82, 2.24) is 0 Å². The van der Waals surface area contributed by atoms with Crippen LogP contribution in [0.15, 0.2) is 66.2 Å². The molecule has 1 nitrogen and oxygen atoms in total. The van der Waals surface area contributed by atoms with Crippen molar-refractivity contribution in [2.45, 2.75) is 6.42 Å². The molecule has 2 heteroatoms. The monoisotopic (exact) mass is 251 g/mol. The molecule has 0 amide bonds. The molecular formula is C16H13NS. The van der Waals surface area contributed by atoms with E-state index in [1.54, 1.807) is 0 Å². The number of rotatable bonds is 4. The molecule has 0 bridgehead atoms. The Hall–Kier alpha value is -2.02. The first-order valence-corrected chi connectivity index (χ1v) is 6.13. The van der Waals surface area contributed by atoms with Crippen LogP contribution in [0.1, 0.15) is 5.56 Å². The quantitative estimate of drug-likeness (QED) is 0.431. The molecule has 0 radical (unpaired) electrons. The van der Waals surface area contributed by atoms with E-state index >= 15 is 0 Å². The zero-order valence-electron chi connectivity index (χ0n) is 9.97.